The molecule has 0 atom stereocenters. The lowest BCUT2D eigenvalue weighted by Gasteiger charge is -2.17. The molecule has 0 aliphatic heterocycles. The molecular formula is C11H13F3. The van der Waals surface area contributed by atoms with Crippen LogP contribution in [0.1, 0.15) is 36.5 Å². The van der Waals surface area contributed by atoms with Crippen LogP contribution < -0.4 is 0 Å². The Labute approximate surface area is 81.8 Å². The van der Waals surface area contributed by atoms with E-state index in [1.165, 1.54) is 13.0 Å². The molecule has 0 unspecified atom stereocenters. The number of aryl methyl sites for hydroxylation is 1. The van der Waals surface area contributed by atoms with Crippen LogP contribution in [0.25, 0.3) is 0 Å². The summed E-state index contributed by atoms with van der Waals surface area (Å²) in [5, 5.41) is 0. The molecule has 1 aromatic rings. The first kappa shape index (κ1) is 11.1. The predicted octanol–water partition coefficient (Wildman–Crippen LogP) is 4.14. The van der Waals surface area contributed by atoms with Crippen LogP contribution in [0.4, 0.5) is 13.2 Å². The minimum atomic E-state index is -4.25. The molecule has 0 nitrogen and oxygen atoms in total. The van der Waals surface area contributed by atoms with Crippen molar-refractivity contribution in [3.63, 3.8) is 0 Å². The smallest absolute Gasteiger partial charge is 0.166 e. The summed E-state index contributed by atoms with van der Waals surface area (Å²) in [4.78, 5) is 0. The fourth-order valence-electron chi connectivity index (χ4n) is 1.56. The first-order chi connectivity index (χ1) is 6.34. The Balaban J connectivity index is 3.38. The van der Waals surface area contributed by atoms with E-state index in [0.717, 1.165) is 0 Å². The first-order valence-corrected chi connectivity index (χ1v) is 4.50. The molecule has 1 rings (SSSR count). The molecule has 14 heavy (non-hydrogen) atoms. The molecule has 0 bridgehead atoms. The van der Waals surface area contributed by atoms with Crippen molar-refractivity contribution < 1.29 is 13.2 Å². The quantitative estimate of drug-likeness (QED) is 0.642. The molecule has 0 spiro atoms. The van der Waals surface area contributed by atoms with E-state index in [1.54, 1.807) is 26.0 Å². The molecule has 0 aliphatic carbocycles. The second-order valence-corrected chi connectivity index (χ2v) is 3.69. The van der Waals surface area contributed by atoms with Crippen molar-refractivity contribution in [1.29, 1.82) is 0 Å². The number of hydrogen-bond acceptors (Lipinski definition) is 0. The van der Waals surface area contributed by atoms with Gasteiger partial charge in [0.25, 0.3) is 0 Å². The average molecular weight is 202 g/mol. The maximum Gasteiger partial charge on any atom is 0.416 e. The molecule has 0 fully saturated rings. The summed E-state index contributed by atoms with van der Waals surface area (Å²) >= 11 is 0. The van der Waals surface area contributed by atoms with Gasteiger partial charge in [0.2, 0.25) is 0 Å². The number of benzene rings is 1. The molecule has 0 N–H and O–H groups in total. The summed E-state index contributed by atoms with van der Waals surface area (Å²) in [5.74, 6) is -0.105. The van der Waals surface area contributed by atoms with Gasteiger partial charge in [0, 0.05) is 0 Å². The number of rotatable bonds is 1. The van der Waals surface area contributed by atoms with E-state index in [4.69, 9.17) is 0 Å². The highest BCUT2D eigenvalue weighted by Gasteiger charge is 2.35. The molecule has 3 heteroatoms. The topological polar surface area (TPSA) is 0 Å². The van der Waals surface area contributed by atoms with Gasteiger partial charge >= 0.3 is 6.18 Å². The van der Waals surface area contributed by atoms with E-state index < -0.39 is 11.7 Å². The van der Waals surface area contributed by atoms with Crippen LogP contribution in [0.5, 0.6) is 0 Å². The lowest BCUT2D eigenvalue weighted by atomic mass is 9.93. The molecule has 0 heterocycles. The third kappa shape index (κ3) is 2.08. The predicted molar refractivity (Wildman–Crippen MR) is 50.3 cm³/mol. The fraction of sp³-hybridized carbons (Fsp3) is 0.455. The van der Waals surface area contributed by atoms with E-state index in [0.29, 0.717) is 11.1 Å². The van der Waals surface area contributed by atoms with Crippen LogP contribution in [0.3, 0.4) is 0 Å². The Kier molecular flexibility index (Phi) is 2.88. The highest BCUT2D eigenvalue weighted by Crippen LogP contribution is 2.37. The molecule has 0 radical (unpaired) electrons. The van der Waals surface area contributed by atoms with Gasteiger partial charge in [0.15, 0.2) is 0 Å². The Bertz CT molecular complexity index is 324. The highest BCUT2D eigenvalue weighted by molar-refractivity contribution is 5.38. The van der Waals surface area contributed by atoms with Crippen molar-refractivity contribution >= 4 is 0 Å². The van der Waals surface area contributed by atoms with Crippen LogP contribution in [0.2, 0.25) is 0 Å². The van der Waals surface area contributed by atoms with Crippen molar-refractivity contribution in [2.45, 2.75) is 32.9 Å². The Hall–Kier alpha value is -0.990. The van der Waals surface area contributed by atoms with E-state index in [2.05, 4.69) is 0 Å². The largest absolute Gasteiger partial charge is 0.416 e. The summed E-state index contributed by atoms with van der Waals surface area (Å²) in [6.45, 7) is 5.03. The maximum absolute atomic E-state index is 12.7. The standard InChI is InChI=1S/C11H13F3/c1-7(2)9-6-4-5-8(3)10(9)11(12,13)14/h4-7H,1-3H3. The van der Waals surface area contributed by atoms with Gasteiger partial charge in [0.1, 0.15) is 0 Å². The van der Waals surface area contributed by atoms with Crippen LogP contribution in [-0.4, -0.2) is 0 Å². The minimum Gasteiger partial charge on any atom is -0.166 e. The summed E-state index contributed by atoms with van der Waals surface area (Å²) in [5.41, 5.74) is 0.191. The van der Waals surface area contributed by atoms with Crippen molar-refractivity contribution in [3.05, 3.63) is 34.9 Å². The van der Waals surface area contributed by atoms with E-state index >= 15 is 0 Å². The third-order valence-corrected chi connectivity index (χ3v) is 2.21. The molecular weight excluding hydrogens is 189 g/mol. The zero-order valence-corrected chi connectivity index (χ0v) is 8.44. The van der Waals surface area contributed by atoms with Crippen LogP contribution in [-0.2, 0) is 6.18 Å². The Morgan fingerprint density at radius 3 is 2.07 bits per heavy atom. The van der Waals surface area contributed by atoms with E-state index in [1.807, 2.05) is 0 Å². The minimum absolute atomic E-state index is 0.105. The first-order valence-electron chi connectivity index (χ1n) is 4.50. The van der Waals surface area contributed by atoms with Gasteiger partial charge in [-0.05, 0) is 24.0 Å². The monoisotopic (exact) mass is 202 g/mol. The maximum atomic E-state index is 12.7. The van der Waals surface area contributed by atoms with Crippen LogP contribution in [0.15, 0.2) is 18.2 Å². The summed E-state index contributed by atoms with van der Waals surface area (Å²) in [6.07, 6.45) is -4.25. The second-order valence-electron chi connectivity index (χ2n) is 3.69. The lowest BCUT2D eigenvalue weighted by Crippen LogP contribution is -2.12. The van der Waals surface area contributed by atoms with Crippen molar-refractivity contribution in [3.8, 4) is 0 Å². The Morgan fingerprint density at radius 2 is 1.71 bits per heavy atom. The molecule has 1 aromatic carbocycles. The highest BCUT2D eigenvalue weighted by atomic mass is 19.4. The van der Waals surface area contributed by atoms with Gasteiger partial charge in [-0.15, -0.1) is 0 Å². The molecule has 0 aliphatic rings. The van der Waals surface area contributed by atoms with E-state index in [9.17, 15) is 13.2 Å². The van der Waals surface area contributed by atoms with Gasteiger partial charge < -0.3 is 0 Å². The number of hydrogen-bond donors (Lipinski definition) is 0. The Morgan fingerprint density at radius 1 is 1.14 bits per heavy atom. The second kappa shape index (κ2) is 3.64. The van der Waals surface area contributed by atoms with Crippen LogP contribution in [0, 0.1) is 6.92 Å². The van der Waals surface area contributed by atoms with Crippen molar-refractivity contribution in [1.82, 2.24) is 0 Å². The van der Waals surface area contributed by atoms with Gasteiger partial charge in [-0.2, -0.15) is 13.2 Å². The SMILES string of the molecule is Cc1cccc(C(C)C)c1C(F)(F)F. The summed E-state index contributed by atoms with van der Waals surface area (Å²) in [7, 11) is 0. The van der Waals surface area contributed by atoms with Gasteiger partial charge in [-0.3, -0.25) is 0 Å². The third-order valence-electron chi connectivity index (χ3n) is 2.21. The zero-order chi connectivity index (χ0) is 10.9. The van der Waals surface area contributed by atoms with Crippen molar-refractivity contribution in [2.75, 3.05) is 0 Å². The number of alkyl halides is 3. The molecule has 0 amide bonds. The summed E-state index contributed by atoms with van der Waals surface area (Å²) in [6, 6.07) is 4.70. The number of halogens is 3. The average Bonchev–Trinajstić information content (AvgIpc) is 2.01. The van der Waals surface area contributed by atoms with Gasteiger partial charge in [-0.1, -0.05) is 32.0 Å². The van der Waals surface area contributed by atoms with Gasteiger partial charge in [-0.25, -0.2) is 0 Å². The van der Waals surface area contributed by atoms with E-state index in [-0.39, 0.29) is 5.92 Å². The van der Waals surface area contributed by atoms with Gasteiger partial charge in [0.05, 0.1) is 5.56 Å². The zero-order valence-electron chi connectivity index (χ0n) is 8.44. The molecule has 78 valence electrons. The normalized spacial score (nSPS) is 12.2. The molecule has 0 aromatic heterocycles. The molecule has 0 saturated heterocycles. The van der Waals surface area contributed by atoms with Crippen molar-refractivity contribution in [2.24, 2.45) is 0 Å². The lowest BCUT2D eigenvalue weighted by molar-refractivity contribution is -0.138. The molecule has 0 saturated carbocycles. The van der Waals surface area contributed by atoms with Crippen LogP contribution >= 0.6 is 0 Å². The fourth-order valence-corrected chi connectivity index (χ4v) is 1.56. The summed E-state index contributed by atoms with van der Waals surface area (Å²) < 4.78 is 38.0.